The minimum atomic E-state index is -0.344. The largest absolute Gasteiger partial charge is 0.286 e. The number of thiol groups is 1. The summed E-state index contributed by atoms with van der Waals surface area (Å²) in [5.41, 5.74) is 2.24. The van der Waals surface area contributed by atoms with Gasteiger partial charge in [-0.05, 0) is 6.92 Å². The third kappa shape index (κ3) is 2.61. The van der Waals surface area contributed by atoms with E-state index in [4.69, 9.17) is 5.84 Å². The number of nitrogens with one attached hydrogen (secondary N) is 1. The van der Waals surface area contributed by atoms with Gasteiger partial charge in [-0.1, -0.05) is 0 Å². The van der Waals surface area contributed by atoms with Gasteiger partial charge in [-0.3, -0.25) is 10.6 Å². The van der Waals surface area contributed by atoms with E-state index >= 15 is 0 Å². The molecule has 0 aromatic carbocycles. The second kappa shape index (κ2) is 3.01. The Bertz CT molecular complexity index is 75.3. The molecule has 42 valence electrons. The van der Waals surface area contributed by atoms with Crippen LogP contribution in [0.25, 0.3) is 0 Å². The standard InChI is InChI=1S/C3H8N2OS/c1-2(5-4)3(6)7/h2,5H,4H2,1H3,(H,6,7). The van der Waals surface area contributed by atoms with Crippen LogP contribution in [-0.4, -0.2) is 11.2 Å². The summed E-state index contributed by atoms with van der Waals surface area (Å²) in [5.74, 6) is 4.85. The molecule has 1 unspecified atom stereocenters. The molecule has 0 amide bonds. The number of nitrogens with two attached hydrogens (primary N) is 1. The number of carbonyl (C=O) groups excluding carboxylic acids is 1. The summed E-state index contributed by atoms with van der Waals surface area (Å²) in [6, 6.07) is -0.344. The molecule has 3 N–H and O–H groups in total. The summed E-state index contributed by atoms with van der Waals surface area (Å²) < 4.78 is 0. The molecule has 3 nitrogen and oxygen atoms in total. The Kier molecular flexibility index (Phi) is 2.98. The van der Waals surface area contributed by atoms with E-state index in [2.05, 4.69) is 18.1 Å². The van der Waals surface area contributed by atoms with Crippen LogP contribution < -0.4 is 11.3 Å². The van der Waals surface area contributed by atoms with Gasteiger partial charge in [0.2, 0.25) is 5.12 Å². The van der Waals surface area contributed by atoms with E-state index in [1.165, 1.54) is 0 Å². The number of hydrogen-bond donors (Lipinski definition) is 3. The summed E-state index contributed by atoms with van der Waals surface area (Å²) in [6.45, 7) is 1.63. The smallest absolute Gasteiger partial charge is 0.203 e. The van der Waals surface area contributed by atoms with Gasteiger partial charge in [0.1, 0.15) is 0 Å². The first-order valence-electron chi connectivity index (χ1n) is 1.87. The highest BCUT2D eigenvalue weighted by Crippen LogP contribution is 1.83. The lowest BCUT2D eigenvalue weighted by molar-refractivity contribution is -0.112. The fourth-order valence-electron chi connectivity index (χ4n) is 0.0713. The van der Waals surface area contributed by atoms with Crippen molar-refractivity contribution in [2.75, 3.05) is 0 Å². The Morgan fingerprint density at radius 3 is 2.43 bits per heavy atom. The predicted molar refractivity (Wildman–Crippen MR) is 30.8 cm³/mol. The van der Waals surface area contributed by atoms with Crippen molar-refractivity contribution in [2.45, 2.75) is 13.0 Å². The van der Waals surface area contributed by atoms with Crippen molar-refractivity contribution < 1.29 is 4.79 Å². The van der Waals surface area contributed by atoms with Crippen LogP contribution in [0.3, 0.4) is 0 Å². The SMILES string of the molecule is CC(NN)C(=O)S. The van der Waals surface area contributed by atoms with Crippen molar-refractivity contribution >= 4 is 17.7 Å². The summed E-state index contributed by atoms with van der Waals surface area (Å²) >= 11 is 3.49. The van der Waals surface area contributed by atoms with Gasteiger partial charge in [-0.25, -0.2) is 5.43 Å². The van der Waals surface area contributed by atoms with Crippen LogP contribution in [0.4, 0.5) is 0 Å². The fourth-order valence-corrected chi connectivity index (χ4v) is 0.146. The lowest BCUT2D eigenvalue weighted by Crippen LogP contribution is -2.36. The van der Waals surface area contributed by atoms with E-state index in [1.807, 2.05) is 0 Å². The second-order valence-corrected chi connectivity index (χ2v) is 1.67. The molecule has 0 heterocycles. The Labute approximate surface area is 47.6 Å². The number of hydrazine groups is 1. The molecular weight excluding hydrogens is 112 g/mol. The quantitative estimate of drug-likeness (QED) is 0.256. The first-order valence-corrected chi connectivity index (χ1v) is 2.32. The average Bonchev–Trinajstić information content (AvgIpc) is 1.65. The summed E-state index contributed by atoms with van der Waals surface area (Å²) in [4.78, 5) is 10.1. The molecule has 0 bridgehead atoms. The van der Waals surface area contributed by atoms with Gasteiger partial charge in [0.25, 0.3) is 0 Å². The van der Waals surface area contributed by atoms with E-state index in [0.29, 0.717) is 0 Å². The van der Waals surface area contributed by atoms with Crippen molar-refractivity contribution in [1.29, 1.82) is 0 Å². The number of hydrogen-bond acceptors (Lipinski definition) is 3. The topological polar surface area (TPSA) is 55.1 Å². The Hall–Kier alpha value is -0.0600. The van der Waals surface area contributed by atoms with Crippen molar-refractivity contribution in [2.24, 2.45) is 5.84 Å². The summed E-state index contributed by atoms with van der Waals surface area (Å²) in [6.07, 6.45) is 0. The first-order chi connectivity index (χ1) is 3.18. The molecule has 0 aliphatic carbocycles. The van der Waals surface area contributed by atoms with Crippen molar-refractivity contribution in [3.05, 3.63) is 0 Å². The van der Waals surface area contributed by atoms with Gasteiger partial charge in [0.05, 0.1) is 6.04 Å². The van der Waals surface area contributed by atoms with E-state index in [1.54, 1.807) is 6.92 Å². The predicted octanol–water partition coefficient (Wildman–Crippen LogP) is -0.705. The third-order valence-electron chi connectivity index (χ3n) is 0.620. The van der Waals surface area contributed by atoms with Crippen molar-refractivity contribution in [1.82, 2.24) is 5.43 Å². The minimum Gasteiger partial charge on any atom is -0.286 e. The molecule has 0 radical (unpaired) electrons. The molecule has 1 atom stereocenters. The normalized spacial score (nSPS) is 13.6. The van der Waals surface area contributed by atoms with Crippen LogP contribution >= 0.6 is 12.6 Å². The summed E-state index contributed by atoms with van der Waals surface area (Å²) in [7, 11) is 0. The maximum absolute atomic E-state index is 10.1. The molecule has 0 spiro atoms. The fraction of sp³-hybridized carbons (Fsp3) is 0.667. The molecule has 0 aromatic heterocycles. The van der Waals surface area contributed by atoms with Crippen molar-refractivity contribution in [3.63, 3.8) is 0 Å². The van der Waals surface area contributed by atoms with Gasteiger partial charge < -0.3 is 0 Å². The Morgan fingerprint density at radius 1 is 2.00 bits per heavy atom. The third-order valence-corrected chi connectivity index (χ3v) is 1.01. The highest BCUT2D eigenvalue weighted by molar-refractivity contribution is 7.96. The van der Waals surface area contributed by atoms with Gasteiger partial charge in [-0.15, -0.1) is 12.6 Å². The molecule has 0 aliphatic rings. The van der Waals surface area contributed by atoms with Gasteiger partial charge in [0.15, 0.2) is 0 Å². The molecule has 0 saturated carbocycles. The molecule has 0 fully saturated rings. The van der Waals surface area contributed by atoms with Gasteiger partial charge in [-0.2, -0.15) is 0 Å². The average molecular weight is 120 g/mol. The zero-order valence-electron chi connectivity index (χ0n) is 4.01. The van der Waals surface area contributed by atoms with E-state index < -0.39 is 0 Å². The minimum absolute atomic E-state index is 0.248. The highest BCUT2D eigenvalue weighted by atomic mass is 32.1. The van der Waals surface area contributed by atoms with E-state index in [0.717, 1.165) is 0 Å². The first kappa shape index (κ1) is 6.94. The van der Waals surface area contributed by atoms with Crippen LogP contribution in [0.1, 0.15) is 6.92 Å². The van der Waals surface area contributed by atoms with E-state index in [9.17, 15) is 4.79 Å². The van der Waals surface area contributed by atoms with Crippen LogP contribution in [-0.2, 0) is 4.79 Å². The van der Waals surface area contributed by atoms with Crippen LogP contribution in [0.5, 0.6) is 0 Å². The lowest BCUT2D eigenvalue weighted by Gasteiger charge is -2.00. The molecule has 0 aliphatic heterocycles. The monoisotopic (exact) mass is 120 g/mol. The Balaban J connectivity index is 3.34. The van der Waals surface area contributed by atoms with Gasteiger partial charge in [0, 0.05) is 0 Å². The molecule has 0 saturated heterocycles. The molecule has 0 aromatic rings. The molecular formula is C3H8N2OS. The number of rotatable bonds is 2. The number of carbonyl (C=O) groups is 1. The maximum Gasteiger partial charge on any atom is 0.203 e. The molecule has 4 heteroatoms. The second-order valence-electron chi connectivity index (χ2n) is 1.23. The zero-order valence-corrected chi connectivity index (χ0v) is 4.90. The highest BCUT2D eigenvalue weighted by Gasteiger charge is 2.02. The zero-order chi connectivity index (χ0) is 5.86. The van der Waals surface area contributed by atoms with Crippen LogP contribution in [0, 0.1) is 0 Å². The maximum atomic E-state index is 10.1. The van der Waals surface area contributed by atoms with Gasteiger partial charge >= 0.3 is 0 Å². The van der Waals surface area contributed by atoms with Crippen molar-refractivity contribution in [3.8, 4) is 0 Å². The molecule has 7 heavy (non-hydrogen) atoms. The van der Waals surface area contributed by atoms with E-state index in [-0.39, 0.29) is 11.2 Å². The van der Waals surface area contributed by atoms with Crippen LogP contribution in [0.2, 0.25) is 0 Å². The lowest BCUT2D eigenvalue weighted by atomic mass is 10.4. The molecule has 0 rings (SSSR count). The van der Waals surface area contributed by atoms with Crippen LogP contribution in [0.15, 0.2) is 0 Å². The Morgan fingerprint density at radius 2 is 2.43 bits per heavy atom. The summed E-state index contributed by atoms with van der Waals surface area (Å²) in [5, 5.41) is -0.248.